The van der Waals surface area contributed by atoms with Crippen LogP contribution in [0.2, 0.25) is 0 Å². The second-order valence-electron chi connectivity index (χ2n) is 7.51. The number of nitrogens with zero attached hydrogens (tertiary/aromatic N) is 1. The number of hydrogen-bond acceptors (Lipinski definition) is 3. The molecule has 4 atom stereocenters. The van der Waals surface area contributed by atoms with E-state index in [0.29, 0.717) is 17.8 Å². The molecule has 0 amide bonds. The molecule has 3 rings (SSSR count). The summed E-state index contributed by atoms with van der Waals surface area (Å²) in [5.41, 5.74) is 2.10. The first-order valence-electron chi connectivity index (χ1n) is 9.06. The van der Waals surface area contributed by atoms with Crippen LogP contribution in [0.4, 0.5) is 0 Å². The lowest BCUT2D eigenvalue weighted by atomic mass is 9.86. The normalized spacial score (nSPS) is 28.1. The van der Waals surface area contributed by atoms with Gasteiger partial charge in [0.1, 0.15) is 0 Å². The van der Waals surface area contributed by atoms with E-state index in [1.165, 1.54) is 25.7 Å². The number of sulfonamides is 1. The highest BCUT2D eigenvalue weighted by Crippen LogP contribution is 2.48. The van der Waals surface area contributed by atoms with Crippen molar-refractivity contribution in [3.63, 3.8) is 0 Å². The number of hydrogen-bond donors (Lipinski definition) is 1. The van der Waals surface area contributed by atoms with E-state index < -0.39 is 10.0 Å². The van der Waals surface area contributed by atoms with Crippen LogP contribution >= 0.6 is 0 Å². The molecule has 1 N–H and O–H groups in total. The number of fused-ring (bicyclic) bond motifs is 2. The maximum Gasteiger partial charge on any atom is 0.276 e. The van der Waals surface area contributed by atoms with Gasteiger partial charge < -0.3 is 0 Å². The Kier molecular flexibility index (Phi) is 5.00. The van der Waals surface area contributed by atoms with Gasteiger partial charge >= 0.3 is 0 Å². The summed E-state index contributed by atoms with van der Waals surface area (Å²) >= 11 is 0. The minimum atomic E-state index is -3.58. The van der Waals surface area contributed by atoms with Gasteiger partial charge in [-0.1, -0.05) is 32.4 Å². The van der Waals surface area contributed by atoms with Gasteiger partial charge in [-0.3, -0.25) is 0 Å². The minimum Gasteiger partial charge on any atom is -0.200 e. The Hall–Kier alpha value is -1.36. The lowest BCUT2D eigenvalue weighted by Gasteiger charge is -2.21. The van der Waals surface area contributed by atoms with E-state index in [1.807, 2.05) is 19.1 Å². The van der Waals surface area contributed by atoms with E-state index >= 15 is 0 Å². The van der Waals surface area contributed by atoms with Crippen molar-refractivity contribution in [2.75, 3.05) is 0 Å². The number of nitrogens with one attached hydrogen (secondary N) is 1. The van der Waals surface area contributed by atoms with Crippen molar-refractivity contribution in [2.24, 2.45) is 22.9 Å². The number of hydrazone groups is 1. The Morgan fingerprint density at radius 2 is 1.96 bits per heavy atom. The van der Waals surface area contributed by atoms with Crippen LogP contribution in [-0.2, 0) is 10.0 Å². The minimum absolute atomic E-state index is 0.277. The summed E-state index contributed by atoms with van der Waals surface area (Å²) < 4.78 is 24.9. The van der Waals surface area contributed by atoms with Gasteiger partial charge in [0.2, 0.25) is 0 Å². The van der Waals surface area contributed by atoms with E-state index in [4.69, 9.17) is 0 Å². The molecule has 0 radical (unpaired) electrons. The molecular weight excluding hydrogens is 320 g/mol. The third-order valence-corrected chi connectivity index (χ3v) is 7.21. The molecule has 0 saturated heterocycles. The van der Waals surface area contributed by atoms with Gasteiger partial charge in [0.15, 0.2) is 0 Å². The van der Waals surface area contributed by atoms with Crippen molar-refractivity contribution < 1.29 is 8.42 Å². The summed E-state index contributed by atoms with van der Waals surface area (Å²) in [7, 11) is -3.58. The van der Waals surface area contributed by atoms with E-state index in [2.05, 4.69) is 23.8 Å². The fourth-order valence-electron chi connectivity index (χ4n) is 4.24. The lowest BCUT2D eigenvalue weighted by molar-refractivity contribution is 0.413. The van der Waals surface area contributed by atoms with Crippen LogP contribution in [0, 0.1) is 17.8 Å². The fraction of sp³-hybridized carbons (Fsp3) is 0.632. The van der Waals surface area contributed by atoms with Crippen molar-refractivity contribution in [1.29, 1.82) is 0 Å². The van der Waals surface area contributed by atoms with Crippen molar-refractivity contribution in [3.05, 3.63) is 29.8 Å². The van der Waals surface area contributed by atoms with Crippen molar-refractivity contribution in [2.45, 2.75) is 63.7 Å². The van der Waals surface area contributed by atoms with Gasteiger partial charge in [0, 0.05) is 11.6 Å². The third kappa shape index (κ3) is 3.51. The average Bonchev–Trinajstić information content (AvgIpc) is 3.22. The van der Waals surface area contributed by atoms with Gasteiger partial charge in [-0.25, -0.2) is 4.83 Å². The average molecular weight is 349 g/mol. The maximum absolute atomic E-state index is 12.4. The molecule has 4 nitrogen and oxygen atoms in total. The van der Waals surface area contributed by atoms with Crippen LogP contribution in [0.15, 0.2) is 34.3 Å². The Morgan fingerprint density at radius 3 is 2.50 bits per heavy atom. The highest BCUT2D eigenvalue weighted by atomic mass is 32.2. The molecule has 2 bridgehead atoms. The molecule has 24 heavy (non-hydrogen) atoms. The maximum atomic E-state index is 12.4. The van der Waals surface area contributed by atoms with E-state index in [0.717, 1.165) is 23.6 Å². The molecule has 1 aromatic carbocycles. The third-order valence-electron chi connectivity index (χ3n) is 5.99. The standard InChI is InChI=1S/C19H28N2O2S/c1-4-13(2)16-7-9-18(10-8-16)24(22,23)21-20-14(3)19-12-15-5-6-17(19)11-15/h7-10,13,15,17,19,21H,4-6,11-12H2,1-3H3/b20-14-/t13-,15+,17+,19+/m0/s1. The topological polar surface area (TPSA) is 58.5 Å². The highest BCUT2D eigenvalue weighted by Gasteiger charge is 2.40. The van der Waals surface area contributed by atoms with Crippen molar-refractivity contribution in [1.82, 2.24) is 4.83 Å². The molecule has 0 unspecified atom stereocenters. The quantitative estimate of drug-likeness (QED) is 0.616. The largest absolute Gasteiger partial charge is 0.276 e. The number of rotatable bonds is 6. The SMILES string of the molecule is CC[C@H](C)c1ccc(S(=O)(=O)N/N=C(/C)[C@H]2C[C@@H]3CC[C@@H]2C3)cc1. The molecule has 2 saturated carbocycles. The summed E-state index contributed by atoms with van der Waals surface area (Å²) in [6.07, 6.45) is 6.11. The fourth-order valence-corrected chi connectivity index (χ4v) is 5.10. The zero-order valence-corrected chi connectivity index (χ0v) is 15.6. The van der Waals surface area contributed by atoms with Crippen LogP contribution in [0.1, 0.15) is 64.4 Å². The van der Waals surface area contributed by atoms with E-state index in [1.54, 1.807) is 12.1 Å². The van der Waals surface area contributed by atoms with Crippen LogP contribution in [-0.4, -0.2) is 14.1 Å². The summed E-state index contributed by atoms with van der Waals surface area (Å²) in [4.78, 5) is 2.71. The molecule has 0 aromatic heterocycles. The van der Waals surface area contributed by atoms with Crippen molar-refractivity contribution in [3.8, 4) is 0 Å². The van der Waals surface area contributed by atoms with Gasteiger partial charge in [-0.15, -0.1) is 0 Å². The molecule has 0 spiro atoms. The predicted octanol–water partition coefficient (Wildman–Crippen LogP) is 4.29. The van der Waals surface area contributed by atoms with Crippen LogP contribution in [0.25, 0.3) is 0 Å². The first-order chi connectivity index (χ1) is 11.4. The molecule has 2 aliphatic rings. The van der Waals surface area contributed by atoms with Crippen LogP contribution in [0.3, 0.4) is 0 Å². The Labute approximate surface area is 145 Å². The first-order valence-corrected chi connectivity index (χ1v) is 10.5. The van der Waals surface area contributed by atoms with E-state index in [9.17, 15) is 8.42 Å². The zero-order valence-electron chi connectivity index (χ0n) is 14.8. The second kappa shape index (κ2) is 6.87. The first kappa shape index (κ1) is 17.5. The summed E-state index contributed by atoms with van der Waals surface area (Å²) in [6, 6.07) is 7.14. The predicted molar refractivity (Wildman–Crippen MR) is 97.5 cm³/mol. The Bertz CT molecular complexity index is 709. The summed E-state index contributed by atoms with van der Waals surface area (Å²) in [6.45, 7) is 6.23. The van der Waals surface area contributed by atoms with Gasteiger partial charge in [-0.05, 0) is 68.1 Å². The van der Waals surface area contributed by atoms with Gasteiger partial charge in [0.05, 0.1) is 4.90 Å². The molecule has 5 heteroatoms. The van der Waals surface area contributed by atoms with Gasteiger partial charge in [-0.2, -0.15) is 13.5 Å². The van der Waals surface area contributed by atoms with Crippen LogP contribution in [0.5, 0.6) is 0 Å². The molecular formula is C19H28N2O2S. The molecule has 0 heterocycles. The van der Waals surface area contributed by atoms with Gasteiger partial charge in [0.25, 0.3) is 10.0 Å². The van der Waals surface area contributed by atoms with Crippen molar-refractivity contribution >= 4 is 15.7 Å². The number of benzene rings is 1. The summed E-state index contributed by atoms with van der Waals surface area (Å²) in [5, 5.41) is 4.23. The highest BCUT2D eigenvalue weighted by molar-refractivity contribution is 7.89. The molecule has 2 fully saturated rings. The Morgan fingerprint density at radius 1 is 1.25 bits per heavy atom. The molecule has 1 aromatic rings. The Balaban J connectivity index is 1.68. The molecule has 0 aliphatic heterocycles. The zero-order chi connectivity index (χ0) is 17.3. The second-order valence-corrected chi connectivity index (χ2v) is 9.17. The molecule has 132 valence electrons. The van der Waals surface area contributed by atoms with E-state index in [-0.39, 0.29) is 4.90 Å². The smallest absolute Gasteiger partial charge is 0.200 e. The summed E-state index contributed by atoms with van der Waals surface area (Å²) in [5.74, 6) is 2.43. The molecule has 2 aliphatic carbocycles. The van der Waals surface area contributed by atoms with Crippen LogP contribution < -0.4 is 4.83 Å². The lowest BCUT2D eigenvalue weighted by Crippen LogP contribution is -2.24. The monoisotopic (exact) mass is 348 g/mol.